The summed E-state index contributed by atoms with van der Waals surface area (Å²) in [6, 6.07) is 10.7. The number of hydrogen-bond donors (Lipinski definition) is 2. The number of hydrogen-bond acceptors (Lipinski definition) is 3. The molecule has 2 aromatic rings. The van der Waals surface area contributed by atoms with Crippen molar-refractivity contribution in [2.24, 2.45) is 0 Å². The number of nitrogens with zero attached hydrogens (tertiary/aromatic N) is 1. The third-order valence-corrected chi connectivity index (χ3v) is 4.80. The highest BCUT2D eigenvalue weighted by molar-refractivity contribution is 6.09. The number of benzene rings is 2. The highest BCUT2D eigenvalue weighted by atomic mass is 16.2. The molecule has 1 aliphatic rings. The van der Waals surface area contributed by atoms with Crippen molar-refractivity contribution in [3.63, 3.8) is 0 Å². The number of urea groups is 1. The summed E-state index contributed by atoms with van der Waals surface area (Å²) in [6.45, 7) is 7.38. The SMILES string of the molecule is Cc1cc(C)c(NC(=O)C(C)N2C(=O)NC(c3ccccc3)C2=O)c(C)c1. The first-order valence-corrected chi connectivity index (χ1v) is 8.87. The minimum absolute atomic E-state index is 0.401. The number of aryl methyl sites for hydroxylation is 3. The minimum Gasteiger partial charge on any atom is -0.324 e. The molecule has 2 unspecified atom stereocenters. The summed E-state index contributed by atoms with van der Waals surface area (Å²) in [7, 11) is 0. The van der Waals surface area contributed by atoms with Gasteiger partial charge < -0.3 is 10.6 Å². The van der Waals surface area contributed by atoms with E-state index in [1.165, 1.54) is 0 Å². The lowest BCUT2D eigenvalue weighted by Gasteiger charge is -2.22. The second kappa shape index (κ2) is 7.23. The van der Waals surface area contributed by atoms with E-state index in [0.717, 1.165) is 21.6 Å². The Labute approximate surface area is 158 Å². The van der Waals surface area contributed by atoms with Crippen LogP contribution in [0.15, 0.2) is 42.5 Å². The first-order chi connectivity index (χ1) is 12.8. The topological polar surface area (TPSA) is 78.5 Å². The van der Waals surface area contributed by atoms with Crippen LogP contribution in [-0.4, -0.2) is 28.8 Å². The molecule has 4 amide bonds. The molecule has 1 fully saturated rings. The van der Waals surface area contributed by atoms with Crippen molar-refractivity contribution in [3.8, 4) is 0 Å². The molecule has 6 nitrogen and oxygen atoms in total. The van der Waals surface area contributed by atoms with Crippen molar-refractivity contribution in [3.05, 3.63) is 64.7 Å². The fraction of sp³-hybridized carbons (Fsp3) is 0.286. The van der Waals surface area contributed by atoms with Gasteiger partial charge >= 0.3 is 6.03 Å². The average Bonchev–Trinajstić information content (AvgIpc) is 2.92. The van der Waals surface area contributed by atoms with Crippen LogP contribution in [0.2, 0.25) is 0 Å². The van der Waals surface area contributed by atoms with Crippen LogP contribution in [0.4, 0.5) is 10.5 Å². The van der Waals surface area contributed by atoms with Gasteiger partial charge in [-0.2, -0.15) is 0 Å². The number of rotatable bonds is 4. The predicted octanol–water partition coefficient (Wildman–Crippen LogP) is 3.23. The van der Waals surface area contributed by atoms with E-state index in [-0.39, 0.29) is 0 Å². The summed E-state index contributed by atoms with van der Waals surface area (Å²) in [4.78, 5) is 38.8. The Morgan fingerprint density at radius 3 is 2.26 bits per heavy atom. The Balaban J connectivity index is 1.79. The summed E-state index contributed by atoms with van der Waals surface area (Å²) >= 11 is 0. The van der Waals surface area contributed by atoms with Crippen LogP contribution in [0.25, 0.3) is 0 Å². The van der Waals surface area contributed by atoms with Gasteiger partial charge in [0.2, 0.25) is 5.91 Å². The molecule has 0 spiro atoms. The summed E-state index contributed by atoms with van der Waals surface area (Å²) in [5.41, 5.74) is 4.39. The Kier molecular flexibility index (Phi) is 4.99. The third-order valence-electron chi connectivity index (χ3n) is 4.80. The molecule has 0 radical (unpaired) electrons. The molecule has 0 aliphatic carbocycles. The van der Waals surface area contributed by atoms with Gasteiger partial charge in [0.05, 0.1) is 0 Å². The zero-order chi connectivity index (χ0) is 19.7. The Morgan fingerprint density at radius 2 is 1.67 bits per heavy atom. The van der Waals surface area contributed by atoms with E-state index in [2.05, 4.69) is 10.6 Å². The van der Waals surface area contributed by atoms with Gasteiger partial charge in [-0.15, -0.1) is 0 Å². The standard InChI is InChI=1S/C21H23N3O3/c1-12-10-13(2)17(14(3)11-12)22-19(25)15(4)24-20(26)18(23-21(24)27)16-8-6-5-7-9-16/h5-11,15,18H,1-4H3,(H,22,25)(H,23,27). The van der Waals surface area contributed by atoms with Crippen molar-refractivity contribution < 1.29 is 14.4 Å². The maximum atomic E-state index is 12.8. The monoisotopic (exact) mass is 365 g/mol. The zero-order valence-electron chi connectivity index (χ0n) is 15.9. The second-order valence-electron chi connectivity index (χ2n) is 6.94. The van der Waals surface area contributed by atoms with E-state index < -0.39 is 29.9 Å². The molecule has 1 aliphatic heterocycles. The minimum atomic E-state index is -0.925. The molecule has 3 rings (SSSR count). The molecule has 6 heteroatoms. The van der Waals surface area contributed by atoms with Gasteiger partial charge in [0.15, 0.2) is 0 Å². The number of nitrogens with one attached hydrogen (secondary N) is 2. The average molecular weight is 365 g/mol. The number of amides is 4. The summed E-state index contributed by atoms with van der Waals surface area (Å²) in [5, 5.41) is 5.52. The maximum Gasteiger partial charge on any atom is 0.325 e. The molecule has 1 saturated heterocycles. The summed E-state index contributed by atoms with van der Waals surface area (Å²) in [6.07, 6.45) is 0. The van der Waals surface area contributed by atoms with Gasteiger partial charge in [0.25, 0.3) is 5.91 Å². The quantitative estimate of drug-likeness (QED) is 0.817. The first-order valence-electron chi connectivity index (χ1n) is 8.87. The maximum absolute atomic E-state index is 12.8. The van der Waals surface area contributed by atoms with Gasteiger partial charge in [-0.05, 0) is 44.4 Å². The largest absolute Gasteiger partial charge is 0.325 e. The normalized spacial score (nSPS) is 17.6. The lowest BCUT2D eigenvalue weighted by atomic mass is 10.0. The van der Waals surface area contributed by atoms with Crippen LogP contribution < -0.4 is 10.6 Å². The van der Waals surface area contributed by atoms with E-state index in [1.807, 2.05) is 39.0 Å². The van der Waals surface area contributed by atoms with Crippen LogP contribution in [0.5, 0.6) is 0 Å². The number of carbonyl (C=O) groups excluding carboxylic acids is 3. The molecule has 0 bridgehead atoms. The van der Waals surface area contributed by atoms with E-state index in [9.17, 15) is 14.4 Å². The van der Waals surface area contributed by atoms with E-state index in [4.69, 9.17) is 0 Å². The molecular weight excluding hydrogens is 342 g/mol. The number of anilines is 1. The molecule has 140 valence electrons. The van der Waals surface area contributed by atoms with Crippen LogP contribution in [0, 0.1) is 20.8 Å². The molecular formula is C21H23N3O3. The van der Waals surface area contributed by atoms with E-state index >= 15 is 0 Å². The van der Waals surface area contributed by atoms with Crippen LogP contribution in [-0.2, 0) is 9.59 Å². The Hall–Kier alpha value is -3.15. The molecule has 0 saturated carbocycles. The van der Waals surface area contributed by atoms with Crippen LogP contribution in [0.3, 0.4) is 0 Å². The van der Waals surface area contributed by atoms with Gasteiger partial charge in [0.1, 0.15) is 12.1 Å². The highest BCUT2D eigenvalue weighted by Gasteiger charge is 2.43. The first kappa shape index (κ1) is 18.6. The smallest absolute Gasteiger partial charge is 0.324 e. The fourth-order valence-corrected chi connectivity index (χ4v) is 3.45. The predicted molar refractivity (Wildman–Crippen MR) is 103 cm³/mol. The highest BCUT2D eigenvalue weighted by Crippen LogP contribution is 2.25. The van der Waals surface area contributed by atoms with Gasteiger partial charge in [-0.1, -0.05) is 48.0 Å². The Morgan fingerprint density at radius 1 is 1.07 bits per heavy atom. The Bertz CT molecular complexity index is 885. The van der Waals surface area contributed by atoms with Gasteiger partial charge in [-0.25, -0.2) is 9.69 Å². The van der Waals surface area contributed by atoms with Crippen molar-refractivity contribution in [2.75, 3.05) is 5.32 Å². The van der Waals surface area contributed by atoms with Gasteiger partial charge in [0, 0.05) is 5.69 Å². The van der Waals surface area contributed by atoms with Gasteiger partial charge in [-0.3, -0.25) is 9.59 Å². The van der Waals surface area contributed by atoms with E-state index in [1.54, 1.807) is 31.2 Å². The number of imide groups is 1. The van der Waals surface area contributed by atoms with E-state index in [0.29, 0.717) is 11.3 Å². The van der Waals surface area contributed by atoms with Crippen molar-refractivity contribution in [1.29, 1.82) is 0 Å². The molecule has 1 heterocycles. The lowest BCUT2D eigenvalue weighted by molar-refractivity contribution is -0.133. The molecule has 2 aromatic carbocycles. The molecule has 2 atom stereocenters. The van der Waals surface area contributed by atoms with Crippen molar-refractivity contribution in [1.82, 2.24) is 10.2 Å². The van der Waals surface area contributed by atoms with Crippen LogP contribution in [0.1, 0.15) is 35.2 Å². The second-order valence-corrected chi connectivity index (χ2v) is 6.94. The lowest BCUT2D eigenvalue weighted by Crippen LogP contribution is -2.46. The summed E-state index contributed by atoms with van der Waals surface area (Å²) in [5.74, 6) is -0.825. The number of carbonyl (C=O) groups is 3. The zero-order valence-corrected chi connectivity index (χ0v) is 15.9. The molecule has 0 aromatic heterocycles. The summed E-state index contributed by atoms with van der Waals surface area (Å²) < 4.78 is 0. The van der Waals surface area contributed by atoms with Crippen molar-refractivity contribution >= 4 is 23.5 Å². The van der Waals surface area contributed by atoms with Crippen molar-refractivity contribution in [2.45, 2.75) is 39.8 Å². The molecule has 27 heavy (non-hydrogen) atoms. The third kappa shape index (κ3) is 3.56. The molecule has 2 N–H and O–H groups in total. The van der Waals surface area contributed by atoms with Crippen LogP contribution >= 0.6 is 0 Å². The fourth-order valence-electron chi connectivity index (χ4n) is 3.45.